The van der Waals surface area contributed by atoms with E-state index in [1.807, 2.05) is 0 Å². The van der Waals surface area contributed by atoms with Crippen molar-refractivity contribution >= 4 is 5.91 Å². The van der Waals surface area contributed by atoms with Gasteiger partial charge in [-0.25, -0.2) is 0 Å². The highest BCUT2D eigenvalue weighted by Gasteiger charge is 2.22. The van der Waals surface area contributed by atoms with Crippen molar-refractivity contribution in [1.29, 1.82) is 0 Å². The summed E-state index contributed by atoms with van der Waals surface area (Å²) >= 11 is 0. The number of aliphatic hydroxyl groups excluding tert-OH is 1. The van der Waals surface area contributed by atoms with Gasteiger partial charge in [-0.1, -0.05) is 0 Å². The van der Waals surface area contributed by atoms with Crippen molar-refractivity contribution in [3.8, 4) is 0 Å². The van der Waals surface area contributed by atoms with E-state index in [1.165, 1.54) is 0 Å². The topological polar surface area (TPSA) is 56.3 Å². The Labute approximate surface area is 82.5 Å². The minimum Gasteiger partial charge on any atom is -0.393 e. The Morgan fingerprint density at radius 1 is 1.50 bits per heavy atom. The third kappa shape index (κ3) is 1.80. The predicted molar refractivity (Wildman–Crippen MR) is 51.9 cm³/mol. The largest absolute Gasteiger partial charge is 0.393 e. The molecule has 0 bridgehead atoms. The van der Waals surface area contributed by atoms with E-state index in [4.69, 9.17) is 0 Å². The summed E-state index contributed by atoms with van der Waals surface area (Å²) in [5.41, 5.74) is 0.696. The summed E-state index contributed by atoms with van der Waals surface area (Å²) in [4.78, 5) is 16.4. The Morgan fingerprint density at radius 2 is 2.21 bits per heavy atom. The Balaban J connectivity index is 1.99. The van der Waals surface area contributed by atoms with Gasteiger partial charge < -0.3 is 15.0 Å². The molecule has 1 saturated heterocycles. The standard InChI is InChI=1S/C10H14N2O2/c13-9-2-5-12(6-3-9)10(14)8-1-4-11-7-8/h1,4,7,9,11,13H,2-3,5-6H2. The van der Waals surface area contributed by atoms with Gasteiger partial charge in [-0.05, 0) is 18.9 Å². The van der Waals surface area contributed by atoms with Gasteiger partial charge in [0.2, 0.25) is 0 Å². The molecule has 0 radical (unpaired) electrons. The number of carbonyl (C=O) groups excluding carboxylic acids is 1. The second kappa shape index (κ2) is 3.84. The molecule has 1 aromatic rings. The molecule has 4 nitrogen and oxygen atoms in total. The first kappa shape index (κ1) is 9.27. The van der Waals surface area contributed by atoms with Crippen LogP contribution in [0.4, 0.5) is 0 Å². The highest BCUT2D eigenvalue weighted by molar-refractivity contribution is 5.94. The van der Waals surface area contributed by atoms with Gasteiger partial charge in [0, 0.05) is 25.5 Å². The summed E-state index contributed by atoms with van der Waals surface area (Å²) in [7, 11) is 0. The maximum Gasteiger partial charge on any atom is 0.255 e. The van der Waals surface area contributed by atoms with Crippen LogP contribution in [0.1, 0.15) is 23.2 Å². The molecule has 1 amide bonds. The molecule has 1 fully saturated rings. The number of likely N-dealkylation sites (tertiary alicyclic amines) is 1. The maximum atomic E-state index is 11.8. The molecule has 1 aliphatic rings. The average Bonchev–Trinajstić information content (AvgIpc) is 2.71. The van der Waals surface area contributed by atoms with E-state index in [9.17, 15) is 9.90 Å². The van der Waals surface area contributed by atoms with Gasteiger partial charge in [-0.15, -0.1) is 0 Å². The first-order chi connectivity index (χ1) is 6.77. The number of aliphatic hydroxyl groups is 1. The lowest BCUT2D eigenvalue weighted by Gasteiger charge is -2.29. The van der Waals surface area contributed by atoms with Crippen molar-refractivity contribution < 1.29 is 9.90 Å². The summed E-state index contributed by atoms with van der Waals surface area (Å²) in [6.07, 6.45) is 4.59. The van der Waals surface area contributed by atoms with Crippen LogP contribution in [-0.2, 0) is 0 Å². The molecule has 1 aliphatic heterocycles. The van der Waals surface area contributed by atoms with Gasteiger partial charge in [-0.3, -0.25) is 4.79 Å². The van der Waals surface area contributed by atoms with Crippen LogP contribution in [0.15, 0.2) is 18.5 Å². The molecule has 2 rings (SSSR count). The number of carbonyl (C=O) groups is 1. The monoisotopic (exact) mass is 194 g/mol. The number of hydrogen-bond donors (Lipinski definition) is 2. The number of aromatic nitrogens is 1. The first-order valence-electron chi connectivity index (χ1n) is 4.87. The number of rotatable bonds is 1. The van der Waals surface area contributed by atoms with E-state index in [-0.39, 0.29) is 12.0 Å². The molecule has 2 heterocycles. The Morgan fingerprint density at radius 3 is 2.79 bits per heavy atom. The van der Waals surface area contributed by atoms with Gasteiger partial charge in [0.15, 0.2) is 0 Å². The molecule has 0 aromatic carbocycles. The number of piperidine rings is 1. The second-order valence-electron chi connectivity index (χ2n) is 3.62. The van der Waals surface area contributed by atoms with Crippen molar-refractivity contribution in [2.75, 3.05) is 13.1 Å². The predicted octanol–water partition coefficient (Wildman–Crippen LogP) is 0.612. The lowest BCUT2D eigenvalue weighted by atomic mass is 10.1. The van der Waals surface area contributed by atoms with Crippen LogP contribution < -0.4 is 0 Å². The van der Waals surface area contributed by atoms with Crippen molar-refractivity contribution in [2.45, 2.75) is 18.9 Å². The van der Waals surface area contributed by atoms with E-state index in [0.717, 1.165) is 0 Å². The van der Waals surface area contributed by atoms with E-state index in [1.54, 1.807) is 23.4 Å². The van der Waals surface area contributed by atoms with Gasteiger partial charge in [0.05, 0.1) is 11.7 Å². The van der Waals surface area contributed by atoms with Crippen LogP contribution in [0.25, 0.3) is 0 Å². The minimum atomic E-state index is -0.231. The van der Waals surface area contributed by atoms with E-state index in [2.05, 4.69) is 4.98 Å². The SMILES string of the molecule is O=C(c1cc[nH]c1)N1CCC(O)CC1. The maximum absolute atomic E-state index is 11.8. The third-order valence-electron chi connectivity index (χ3n) is 2.60. The van der Waals surface area contributed by atoms with E-state index < -0.39 is 0 Å². The van der Waals surface area contributed by atoms with Gasteiger partial charge in [0.25, 0.3) is 5.91 Å². The molecule has 0 spiro atoms. The fourth-order valence-electron chi connectivity index (χ4n) is 1.71. The van der Waals surface area contributed by atoms with E-state index in [0.29, 0.717) is 31.5 Å². The molecule has 76 valence electrons. The first-order valence-corrected chi connectivity index (χ1v) is 4.87. The van der Waals surface area contributed by atoms with Crippen LogP contribution in [0, 0.1) is 0 Å². The number of aromatic amines is 1. The molecule has 14 heavy (non-hydrogen) atoms. The Bertz CT molecular complexity index is 300. The van der Waals surface area contributed by atoms with Crippen LogP contribution in [-0.4, -0.2) is 40.1 Å². The fraction of sp³-hybridized carbons (Fsp3) is 0.500. The molecular weight excluding hydrogens is 180 g/mol. The van der Waals surface area contributed by atoms with E-state index >= 15 is 0 Å². The Hall–Kier alpha value is -1.29. The molecule has 0 unspecified atom stereocenters. The fourth-order valence-corrected chi connectivity index (χ4v) is 1.71. The number of H-pyrrole nitrogens is 1. The highest BCUT2D eigenvalue weighted by Crippen LogP contribution is 2.13. The molecule has 4 heteroatoms. The van der Waals surface area contributed by atoms with Gasteiger partial charge in [0.1, 0.15) is 0 Å². The highest BCUT2D eigenvalue weighted by atomic mass is 16.3. The summed E-state index contributed by atoms with van der Waals surface area (Å²) in [6.45, 7) is 1.32. The molecule has 2 N–H and O–H groups in total. The van der Waals surface area contributed by atoms with Crippen molar-refractivity contribution in [3.63, 3.8) is 0 Å². The number of hydrogen-bond acceptors (Lipinski definition) is 2. The lowest BCUT2D eigenvalue weighted by Crippen LogP contribution is -2.39. The Kier molecular flexibility index (Phi) is 2.54. The number of nitrogens with zero attached hydrogens (tertiary/aromatic N) is 1. The summed E-state index contributed by atoms with van der Waals surface area (Å²) in [6, 6.07) is 1.77. The zero-order chi connectivity index (χ0) is 9.97. The smallest absolute Gasteiger partial charge is 0.255 e. The minimum absolute atomic E-state index is 0.0538. The van der Waals surface area contributed by atoms with Gasteiger partial charge >= 0.3 is 0 Å². The lowest BCUT2D eigenvalue weighted by molar-refractivity contribution is 0.0547. The number of nitrogens with one attached hydrogen (secondary N) is 1. The zero-order valence-electron chi connectivity index (χ0n) is 7.94. The third-order valence-corrected chi connectivity index (χ3v) is 2.60. The van der Waals surface area contributed by atoms with Gasteiger partial charge in [-0.2, -0.15) is 0 Å². The second-order valence-corrected chi connectivity index (χ2v) is 3.62. The molecule has 1 aromatic heterocycles. The molecular formula is C10H14N2O2. The van der Waals surface area contributed by atoms with Crippen LogP contribution in [0.5, 0.6) is 0 Å². The molecule has 0 saturated carbocycles. The zero-order valence-corrected chi connectivity index (χ0v) is 7.94. The average molecular weight is 194 g/mol. The molecule has 0 aliphatic carbocycles. The normalized spacial score (nSPS) is 18.5. The summed E-state index contributed by atoms with van der Waals surface area (Å²) < 4.78 is 0. The quantitative estimate of drug-likeness (QED) is 0.688. The van der Waals surface area contributed by atoms with Crippen LogP contribution >= 0.6 is 0 Å². The molecule has 0 atom stereocenters. The van der Waals surface area contributed by atoms with Crippen LogP contribution in [0.2, 0.25) is 0 Å². The van der Waals surface area contributed by atoms with Crippen molar-refractivity contribution in [3.05, 3.63) is 24.0 Å². The van der Waals surface area contributed by atoms with Crippen molar-refractivity contribution in [1.82, 2.24) is 9.88 Å². The number of amides is 1. The summed E-state index contributed by atoms with van der Waals surface area (Å²) in [5, 5.41) is 9.30. The van der Waals surface area contributed by atoms with Crippen LogP contribution in [0.3, 0.4) is 0 Å². The summed E-state index contributed by atoms with van der Waals surface area (Å²) in [5.74, 6) is 0.0538. The van der Waals surface area contributed by atoms with Crippen molar-refractivity contribution in [2.24, 2.45) is 0 Å².